The monoisotopic (exact) mass is 568 g/mol. The van der Waals surface area contributed by atoms with E-state index in [9.17, 15) is 35.9 Å². The van der Waals surface area contributed by atoms with Crippen molar-refractivity contribution in [2.24, 2.45) is 0 Å². The quantitative estimate of drug-likeness (QED) is 0.250. The lowest BCUT2D eigenvalue weighted by atomic mass is 9.97. The summed E-state index contributed by atoms with van der Waals surface area (Å²) in [6, 6.07) is 6.99. The fraction of sp³-hybridized carbons (Fsp3) is 0.240. The highest BCUT2D eigenvalue weighted by atomic mass is 32.2. The van der Waals surface area contributed by atoms with Gasteiger partial charge in [-0.1, -0.05) is 6.07 Å². The first-order valence-electron chi connectivity index (χ1n) is 11.3. The van der Waals surface area contributed by atoms with Crippen LogP contribution in [-0.4, -0.2) is 39.6 Å². The van der Waals surface area contributed by atoms with E-state index in [1.165, 1.54) is 26.2 Å². The van der Waals surface area contributed by atoms with Crippen molar-refractivity contribution >= 4 is 27.1 Å². The van der Waals surface area contributed by atoms with Crippen molar-refractivity contribution in [3.63, 3.8) is 0 Å². The van der Waals surface area contributed by atoms with Crippen LogP contribution in [0.3, 0.4) is 0 Å². The van der Waals surface area contributed by atoms with Crippen LogP contribution in [0.5, 0.6) is 0 Å². The number of nitrogens with zero attached hydrogens (tertiary/aromatic N) is 3. The molecule has 14 heteroatoms. The van der Waals surface area contributed by atoms with Gasteiger partial charge in [0, 0.05) is 24.4 Å². The lowest BCUT2D eigenvalue weighted by Crippen LogP contribution is -2.24. The highest BCUT2D eigenvalue weighted by Gasteiger charge is 2.33. The highest BCUT2D eigenvalue weighted by molar-refractivity contribution is 7.91. The van der Waals surface area contributed by atoms with Crippen LogP contribution in [0.2, 0.25) is 0 Å². The number of fused-ring (bicyclic) bond motifs is 1. The second-order valence-corrected chi connectivity index (χ2v) is 11.2. The molecule has 0 bridgehead atoms. The van der Waals surface area contributed by atoms with Gasteiger partial charge in [0.05, 0.1) is 27.6 Å². The van der Waals surface area contributed by atoms with Gasteiger partial charge in [-0.3, -0.25) is 4.79 Å². The zero-order valence-corrected chi connectivity index (χ0v) is 21.2. The zero-order valence-electron chi connectivity index (χ0n) is 20.4. The van der Waals surface area contributed by atoms with Gasteiger partial charge in [0.1, 0.15) is 17.2 Å². The number of hydrogen-bond donors (Lipinski definition) is 2. The second-order valence-electron chi connectivity index (χ2n) is 9.14. The fourth-order valence-electron chi connectivity index (χ4n) is 3.86. The maximum atomic E-state index is 15.6. The summed E-state index contributed by atoms with van der Waals surface area (Å²) in [5.41, 5.74) is -4.54. The van der Waals surface area contributed by atoms with Crippen LogP contribution in [-0.2, 0) is 28.0 Å². The summed E-state index contributed by atoms with van der Waals surface area (Å²) < 4.78 is 94.1. The molecule has 3 heterocycles. The van der Waals surface area contributed by atoms with E-state index in [4.69, 9.17) is 0 Å². The molecule has 1 amide bonds. The Labute approximate surface area is 219 Å². The van der Waals surface area contributed by atoms with E-state index in [2.05, 4.69) is 15.3 Å². The molecule has 2 N–H and O–H groups in total. The Bertz CT molecular complexity index is 1660. The normalized spacial score (nSPS) is 12.6. The molecule has 0 radical (unpaired) electrons. The number of aliphatic hydroxyl groups is 1. The maximum absolute atomic E-state index is 15.6. The number of aryl methyl sites for hydroxylation is 1. The molecule has 4 rings (SSSR count). The van der Waals surface area contributed by atoms with Gasteiger partial charge in [0.25, 0.3) is 5.91 Å². The van der Waals surface area contributed by atoms with Crippen molar-refractivity contribution in [1.29, 1.82) is 0 Å². The van der Waals surface area contributed by atoms with E-state index < -0.39 is 61.9 Å². The molecule has 206 valence electrons. The Kier molecular flexibility index (Phi) is 7.21. The van der Waals surface area contributed by atoms with Crippen LogP contribution >= 0.6 is 0 Å². The van der Waals surface area contributed by atoms with E-state index in [1.54, 1.807) is 0 Å². The molecule has 4 aromatic rings. The van der Waals surface area contributed by atoms with Gasteiger partial charge in [0.2, 0.25) is 0 Å². The van der Waals surface area contributed by atoms with Crippen molar-refractivity contribution in [1.82, 2.24) is 14.4 Å². The van der Waals surface area contributed by atoms with E-state index in [0.29, 0.717) is 6.07 Å². The summed E-state index contributed by atoms with van der Waals surface area (Å²) >= 11 is 0. The number of nitrogens with one attached hydrogen (secondary N) is 1. The molecule has 8 nitrogen and oxygen atoms in total. The number of benzene rings is 1. The number of anilines is 1. The maximum Gasteiger partial charge on any atom is 0.433 e. The highest BCUT2D eigenvalue weighted by Crippen LogP contribution is 2.33. The number of sulfone groups is 1. The smallest absolute Gasteiger partial charge is 0.386 e. The van der Waals surface area contributed by atoms with Crippen LogP contribution in [0.1, 0.15) is 41.3 Å². The summed E-state index contributed by atoms with van der Waals surface area (Å²) in [6.07, 6.45) is -2.43. The largest absolute Gasteiger partial charge is 0.433 e. The Hall–Kier alpha value is -3.91. The van der Waals surface area contributed by atoms with Crippen LogP contribution in [0.25, 0.3) is 5.65 Å². The molecular weight excluding hydrogens is 547 g/mol. The van der Waals surface area contributed by atoms with Gasteiger partial charge in [-0.05, 0) is 50.2 Å². The van der Waals surface area contributed by atoms with Gasteiger partial charge < -0.3 is 14.8 Å². The van der Waals surface area contributed by atoms with E-state index in [1.807, 2.05) is 0 Å². The number of carbonyl (C=O) groups is 1. The van der Waals surface area contributed by atoms with Gasteiger partial charge in [0.15, 0.2) is 21.3 Å². The summed E-state index contributed by atoms with van der Waals surface area (Å²) in [5.74, 6) is -3.15. The Morgan fingerprint density at radius 2 is 1.69 bits per heavy atom. The third kappa shape index (κ3) is 6.06. The minimum Gasteiger partial charge on any atom is -0.386 e. The topological polar surface area (TPSA) is 114 Å². The number of carbonyl (C=O) groups excluding carboxylic acids is 1. The van der Waals surface area contributed by atoms with Gasteiger partial charge >= 0.3 is 6.18 Å². The minimum atomic E-state index is -4.79. The number of rotatable bonds is 7. The first kappa shape index (κ1) is 28.1. The first-order chi connectivity index (χ1) is 18.1. The van der Waals surface area contributed by atoms with Crippen molar-refractivity contribution < 1.29 is 40.3 Å². The van der Waals surface area contributed by atoms with Crippen LogP contribution in [0.15, 0.2) is 59.8 Å². The summed E-state index contributed by atoms with van der Waals surface area (Å²) in [5, 5.41) is 12.9. The third-order valence-corrected chi connectivity index (χ3v) is 7.40. The SMILES string of the molecule is CC(C)(O)c1c(NC(=O)c2cccc(C(F)(F)F)n2)cn2cc(CCS(=O)(=O)c3ccc(F)cc3)nc2c1F. The van der Waals surface area contributed by atoms with Crippen LogP contribution in [0.4, 0.5) is 27.6 Å². The van der Waals surface area contributed by atoms with Gasteiger partial charge in [-0.15, -0.1) is 0 Å². The molecule has 0 aliphatic rings. The predicted octanol–water partition coefficient (Wildman–Crippen LogP) is 4.52. The molecule has 1 aromatic carbocycles. The summed E-state index contributed by atoms with van der Waals surface area (Å²) in [6.45, 7) is 2.47. The molecule has 39 heavy (non-hydrogen) atoms. The van der Waals surface area contributed by atoms with Gasteiger partial charge in [-0.2, -0.15) is 13.2 Å². The fourth-order valence-corrected chi connectivity index (χ4v) is 5.12. The Morgan fingerprint density at radius 3 is 2.31 bits per heavy atom. The van der Waals surface area contributed by atoms with Crippen molar-refractivity contribution in [3.05, 3.63) is 89.1 Å². The van der Waals surface area contributed by atoms with Crippen LogP contribution in [0, 0.1) is 11.6 Å². The number of hydrogen-bond acceptors (Lipinski definition) is 6. The number of imidazole rings is 1. The molecule has 0 aliphatic carbocycles. The lowest BCUT2D eigenvalue weighted by molar-refractivity contribution is -0.141. The molecular formula is C25H21F5N4O4S. The Morgan fingerprint density at radius 1 is 1.03 bits per heavy atom. The second kappa shape index (κ2) is 10.0. The van der Waals surface area contributed by atoms with Crippen molar-refractivity contribution in [2.75, 3.05) is 11.1 Å². The molecule has 0 saturated heterocycles. The third-order valence-electron chi connectivity index (χ3n) is 5.67. The van der Waals surface area contributed by atoms with E-state index >= 15 is 4.39 Å². The molecule has 0 saturated carbocycles. The molecule has 0 unspecified atom stereocenters. The van der Waals surface area contributed by atoms with Crippen LogP contribution < -0.4 is 5.32 Å². The average molecular weight is 569 g/mol. The van der Waals surface area contributed by atoms with Crippen molar-refractivity contribution in [3.8, 4) is 0 Å². The molecule has 0 aliphatic heterocycles. The predicted molar refractivity (Wildman–Crippen MR) is 130 cm³/mol. The van der Waals surface area contributed by atoms with Crippen molar-refractivity contribution in [2.45, 2.75) is 36.9 Å². The van der Waals surface area contributed by atoms with E-state index in [-0.39, 0.29) is 28.3 Å². The minimum absolute atomic E-state index is 0.101. The standard InChI is InChI=1S/C25H21F5N4O4S/c1-24(2,36)20-18(33-23(35)17-4-3-5-19(32-17)25(28,29)30)13-34-12-15(31-22(34)21(20)27)10-11-39(37,38)16-8-6-14(26)7-9-16/h3-9,12-13,36H,10-11H2,1-2H3,(H,33,35). The number of pyridine rings is 2. The summed E-state index contributed by atoms with van der Waals surface area (Å²) in [7, 11) is -3.82. The Balaban J connectivity index is 1.67. The van der Waals surface area contributed by atoms with E-state index in [0.717, 1.165) is 40.8 Å². The molecule has 0 spiro atoms. The zero-order chi connectivity index (χ0) is 28.8. The lowest BCUT2D eigenvalue weighted by Gasteiger charge is -2.23. The average Bonchev–Trinajstić information content (AvgIpc) is 3.25. The van der Waals surface area contributed by atoms with Gasteiger partial charge in [-0.25, -0.2) is 27.2 Å². The molecule has 0 atom stereocenters. The number of amides is 1. The number of alkyl halides is 3. The molecule has 0 fully saturated rings. The first-order valence-corrected chi connectivity index (χ1v) is 13.0. The number of aromatic nitrogens is 3. The summed E-state index contributed by atoms with van der Waals surface area (Å²) in [4.78, 5) is 20.1. The molecule has 3 aromatic heterocycles. The number of halogens is 5.